The SMILES string of the molecule is CSc1n[nH]c(C)c1C(=O)Nc1ccc([N+](=O)[O-])cc1. The second-order valence-corrected chi connectivity index (χ2v) is 4.79. The van der Waals surface area contributed by atoms with Crippen molar-refractivity contribution in [1.82, 2.24) is 10.2 Å². The molecular formula is C12H12N4O3S. The van der Waals surface area contributed by atoms with E-state index in [-0.39, 0.29) is 11.6 Å². The highest BCUT2D eigenvalue weighted by Gasteiger charge is 2.17. The van der Waals surface area contributed by atoms with E-state index < -0.39 is 4.92 Å². The van der Waals surface area contributed by atoms with Crippen molar-refractivity contribution in [2.24, 2.45) is 0 Å². The highest BCUT2D eigenvalue weighted by molar-refractivity contribution is 7.98. The zero-order chi connectivity index (χ0) is 14.7. The number of carbonyl (C=O) groups excluding carboxylic acids is 1. The molecule has 0 aliphatic carbocycles. The topological polar surface area (TPSA) is 101 Å². The third-order valence-electron chi connectivity index (χ3n) is 2.67. The molecule has 0 bridgehead atoms. The number of hydrogen-bond acceptors (Lipinski definition) is 5. The van der Waals surface area contributed by atoms with Crippen molar-refractivity contribution >= 4 is 29.0 Å². The maximum absolute atomic E-state index is 12.2. The van der Waals surface area contributed by atoms with Gasteiger partial charge in [-0.2, -0.15) is 5.10 Å². The number of carbonyl (C=O) groups is 1. The smallest absolute Gasteiger partial charge is 0.269 e. The maximum Gasteiger partial charge on any atom is 0.269 e. The van der Waals surface area contributed by atoms with Crippen LogP contribution in [0.15, 0.2) is 29.3 Å². The minimum atomic E-state index is -0.488. The van der Waals surface area contributed by atoms with Crippen molar-refractivity contribution in [1.29, 1.82) is 0 Å². The summed E-state index contributed by atoms with van der Waals surface area (Å²) in [6, 6.07) is 5.66. The molecule has 1 heterocycles. The van der Waals surface area contributed by atoms with Gasteiger partial charge in [0.25, 0.3) is 11.6 Å². The molecule has 0 aliphatic heterocycles. The average Bonchev–Trinajstić information content (AvgIpc) is 2.80. The van der Waals surface area contributed by atoms with Gasteiger partial charge in [-0.25, -0.2) is 0 Å². The van der Waals surface area contributed by atoms with Gasteiger partial charge in [-0.05, 0) is 25.3 Å². The Morgan fingerprint density at radius 1 is 1.40 bits per heavy atom. The van der Waals surface area contributed by atoms with Gasteiger partial charge in [0.1, 0.15) is 5.03 Å². The van der Waals surface area contributed by atoms with Crippen molar-refractivity contribution in [3.05, 3.63) is 45.6 Å². The molecular weight excluding hydrogens is 280 g/mol. The number of nitro benzene ring substituents is 1. The first-order chi connectivity index (χ1) is 9.52. The molecule has 1 amide bonds. The van der Waals surface area contributed by atoms with E-state index in [0.717, 1.165) is 0 Å². The Labute approximate surface area is 118 Å². The maximum atomic E-state index is 12.2. The van der Waals surface area contributed by atoms with Crippen LogP contribution >= 0.6 is 11.8 Å². The minimum Gasteiger partial charge on any atom is -0.322 e. The van der Waals surface area contributed by atoms with Gasteiger partial charge in [0, 0.05) is 23.5 Å². The fourth-order valence-corrected chi connectivity index (χ4v) is 2.27. The average molecular weight is 292 g/mol. The standard InChI is InChI=1S/C12H12N4O3S/c1-7-10(12(20-2)15-14-7)11(17)13-8-3-5-9(6-4-8)16(18)19/h3-6H,1-2H3,(H,13,17)(H,14,15). The summed E-state index contributed by atoms with van der Waals surface area (Å²) in [5, 5.41) is 20.6. The van der Waals surface area contributed by atoms with Crippen molar-refractivity contribution in [3.8, 4) is 0 Å². The number of aromatic amines is 1. The third kappa shape index (κ3) is 2.80. The van der Waals surface area contributed by atoms with Crippen LogP contribution in [0.4, 0.5) is 11.4 Å². The van der Waals surface area contributed by atoms with E-state index in [2.05, 4.69) is 15.5 Å². The molecule has 0 saturated carbocycles. The Morgan fingerprint density at radius 2 is 2.05 bits per heavy atom. The van der Waals surface area contributed by atoms with Crippen molar-refractivity contribution < 1.29 is 9.72 Å². The molecule has 0 saturated heterocycles. The van der Waals surface area contributed by atoms with Gasteiger partial charge in [-0.1, -0.05) is 0 Å². The molecule has 20 heavy (non-hydrogen) atoms. The molecule has 1 aromatic carbocycles. The second-order valence-electron chi connectivity index (χ2n) is 3.99. The summed E-state index contributed by atoms with van der Waals surface area (Å²) in [6.07, 6.45) is 1.83. The monoisotopic (exact) mass is 292 g/mol. The molecule has 0 aliphatic rings. The van der Waals surface area contributed by atoms with Crippen LogP contribution in [0.25, 0.3) is 0 Å². The zero-order valence-electron chi connectivity index (χ0n) is 10.8. The first-order valence-corrected chi connectivity index (χ1v) is 6.90. The van der Waals surface area contributed by atoms with Crippen LogP contribution in [0.5, 0.6) is 0 Å². The Kier molecular flexibility index (Phi) is 4.04. The molecule has 8 heteroatoms. The number of anilines is 1. The molecule has 0 radical (unpaired) electrons. The number of nitrogens with one attached hydrogen (secondary N) is 2. The molecule has 2 N–H and O–H groups in total. The fourth-order valence-electron chi connectivity index (χ4n) is 1.68. The van der Waals surface area contributed by atoms with Crippen LogP contribution in [-0.2, 0) is 0 Å². The lowest BCUT2D eigenvalue weighted by atomic mass is 10.2. The van der Waals surface area contributed by atoms with Gasteiger partial charge in [0.05, 0.1) is 10.5 Å². The second kappa shape index (κ2) is 5.74. The van der Waals surface area contributed by atoms with E-state index in [1.54, 1.807) is 6.92 Å². The Hall–Kier alpha value is -2.35. The third-order valence-corrected chi connectivity index (χ3v) is 3.35. The van der Waals surface area contributed by atoms with Crippen LogP contribution in [0.2, 0.25) is 0 Å². The number of non-ortho nitro benzene ring substituents is 1. The fraction of sp³-hybridized carbons (Fsp3) is 0.167. The van der Waals surface area contributed by atoms with Crippen LogP contribution < -0.4 is 5.32 Å². The van der Waals surface area contributed by atoms with E-state index in [1.807, 2.05) is 6.26 Å². The normalized spacial score (nSPS) is 10.3. The summed E-state index contributed by atoms with van der Waals surface area (Å²) in [4.78, 5) is 22.2. The van der Waals surface area contributed by atoms with Crippen molar-refractivity contribution in [2.75, 3.05) is 11.6 Å². The van der Waals surface area contributed by atoms with Crippen LogP contribution in [-0.4, -0.2) is 27.3 Å². The molecule has 104 valence electrons. The summed E-state index contributed by atoms with van der Waals surface area (Å²) in [5.41, 5.74) is 1.63. The lowest BCUT2D eigenvalue weighted by Crippen LogP contribution is -2.13. The molecule has 1 aromatic heterocycles. The van der Waals surface area contributed by atoms with Crippen molar-refractivity contribution in [3.63, 3.8) is 0 Å². The van der Waals surface area contributed by atoms with Gasteiger partial charge < -0.3 is 5.32 Å². The molecule has 0 fully saturated rings. The zero-order valence-corrected chi connectivity index (χ0v) is 11.7. The lowest BCUT2D eigenvalue weighted by molar-refractivity contribution is -0.384. The number of nitro groups is 1. The quantitative estimate of drug-likeness (QED) is 0.512. The van der Waals surface area contributed by atoms with Gasteiger partial charge in [0.15, 0.2) is 0 Å². The van der Waals surface area contributed by atoms with Crippen LogP contribution in [0.1, 0.15) is 16.1 Å². The predicted molar refractivity (Wildman–Crippen MR) is 76.2 cm³/mol. The van der Waals surface area contributed by atoms with Gasteiger partial charge in [-0.3, -0.25) is 20.0 Å². The van der Waals surface area contributed by atoms with E-state index in [4.69, 9.17) is 0 Å². The van der Waals surface area contributed by atoms with E-state index in [1.165, 1.54) is 36.0 Å². The van der Waals surface area contributed by atoms with E-state index in [0.29, 0.717) is 22.0 Å². The summed E-state index contributed by atoms with van der Waals surface area (Å²) in [5.74, 6) is -0.297. The Bertz CT molecular complexity index is 651. The number of rotatable bonds is 4. The Morgan fingerprint density at radius 3 is 2.60 bits per heavy atom. The van der Waals surface area contributed by atoms with Crippen LogP contribution in [0.3, 0.4) is 0 Å². The first kappa shape index (κ1) is 14.1. The first-order valence-electron chi connectivity index (χ1n) is 5.67. The molecule has 2 aromatic rings. The summed E-state index contributed by atoms with van der Waals surface area (Å²) in [6.45, 7) is 1.76. The minimum absolute atomic E-state index is 0.0210. The summed E-state index contributed by atoms with van der Waals surface area (Å²) < 4.78 is 0. The number of aryl methyl sites for hydroxylation is 1. The molecule has 7 nitrogen and oxygen atoms in total. The Balaban J connectivity index is 2.19. The molecule has 0 atom stereocenters. The molecule has 2 rings (SSSR count). The number of amides is 1. The van der Waals surface area contributed by atoms with Gasteiger partial charge >= 0.3 is 0 Å². The highest BCUT2D eigenvalue weighted by Crippen LogP contribution is 2.22. The van der Waals surface area contributed by atoms with E-state index in [9.17, 15) is 14.9 Å². The number of nitrogens with zero attached hydrogens (tertiary/aromatic N) is 2. The molecule has 0 spiro atoms. The predicted octanol–water partition coefficient (Wildman–Crippen LogP) is 2.60. The summed E-state index contributed by atoms with van der Waals surface area (Å²) >= 11 is 1.37. The van der Waals surface area contributed by atoms with E-state index >= 15 is 0 Å². The lowest BCUT2D eigenvalue weighted by Gasteiger charge is -2.05. The van der Waals surface area contributed by atoms with Gasteiger partial charge in [-0.15, -0.1) is 11.8 Å². The van der Waals surface area contributed by atoms with Crippen LogP contribution in [0, 0.1) is 17.0 Å². The summed E-state index contributed by atoms with van der Waals surface area (Å²) in [7, 11) is 0. The number of benzene rings is 1. The number of aromatic nitrogens is 2. The van der Waals surface area contributed by atoms with Crippen molar-refractivity contribution in [2.45, 2.75) is 11.9 Å². The van der Waals surface area contributed by atoms with Gasteiger partial charge in [0.2, 0.25) is 0 Å². The number of hydrogen-bond donors (Lipinski definition) is 2. The largest absolute Gasteiger partial charge is 0.322 e. The highest BCUT2D eigenvalue weighted by atomic mass is 32.2. The number of thioether (sulfide) groups is 1. The number of H-pyrrole nitrogens is 1. The molecule has 0 unspecified atom stereocenters.